The highest BCUT2D eigenvalue weighted by Gasteiger charge is 2.38. The number of fused-ring (bicyclic) bond motifs is 1. The minimum absolute atomic E-state index is 0.178. The van der Waals surface area contributed by atoms with Gasteiger partial charge in [0.1, 0.15) is 0 Å². The molecule has 0 aromatic heterocycles. The molecule has 0 aromatic rings. The van der Waals surface area contributed by atoms with Crippen LogP contribution in [0.5, 0.6) is 0 Å². The molecule has 0 aromatic carbocycles. The molecule has 1 saturated carbocycles. The molecule has 2 heteroatoms. The molecular formula is C16H21NO. The number of amides is 1. The average molecular weight is 243 g/mol. The Labute approximate surface area is 109 Å². The van der Waals surface area contributed by atoms with E-state index < -0.39 is 0 Å². The zero-order valence-corrected chi connectivity index (χ0v) is 11.3. The van der Waals surface area contributed by atoms with Crippen LogP contribution in [0.2, 0.25) is 0 Å². The van der Waals surface area contributed by atoms with Crippen molar-refractivity contribution in [2.24, 2.45) is 5.92 Å². The molecule has 2 nitrogen and oxygen atoms in total. The Hall–Kier alpha value is -1.31. The van der Waals surface area contributed by atoms with Crippen molar-refractivity contribution in [1.29, 1.82) is 0 Å². The second-order valence-electron chi connectivity index (χ2n) is 5.95. The lowest BCUT2D eigenvalue weighted by atomic mass is 9.82. The fraction of sp³-hybridized carbons (Fsp3) is 0.562. The van der Waals surface area contributed by atoms with E-state index in [-0.39, 0.29) is 5.91 Å². The highest BCUT2D eigenvalue weighted by atomic mass is 16.2. The van der Waals surface area contributed by atoms with Gasteiger partial charge in [0.15, 0.2) is 0 Å². The highest BCUT2D eigenvalue weighted by Crippen LogP contribution is 2.37. The van der Waals surface area contributed by atoms with Gasteiger partial charge in [0.25, 0.3) is 0 Å². The molecule has 1 amide bonds. The van der Waals surface area contributed by atoms with Crippen LogP contribution in [-0.2, 0) is 4.79 Å². The Morgan fingerprint density at radius 3 is 2.78 bits per heavy atom. The van der Waals surface area contributed by atoms with Crippen molar-refractivity contribution < 1.29 is 4.79 Å². The van der Waals surface area contributed by atoms with Crippen molar-refractivity contribution in [3.05, 3.63) is 34.4 Å². The topological polar surface area (TPSA) is 29.1 Å². The standard InChI is InChI=1S/C16H21NO/c1-10-7-11(2)12(8-10)9-14-13-5-3-4-6-15(13)17-16(14)18/h7,9,13,15H,3-6,8H2,1-2H3,(H,17,18)/b14-9-. The summed E-state index contributed by atoms with van der Waals surface area (Å²) in [5, 5.41) is 3.16. The van der Waals surface area contributed by atoms with E-state index in [4.69, 9.17) is 0 Å². The molecule has 2 atom stereocenters. The zero-order valence-electron chi connectivity index (χ0n) is 11.3. The minimum atomic E-state index is 0.178. The monoisotopic (exact) mass is 243 g/mol. The van der Waals surface area contributed by atoms with Gasteiger partial charge < -0.3 is 5.32 Å². The quantitative estimate of drug-likeness (QED) is 0.704. The van der Waals surface area contributed by atoms with E-state index in [2.05, 4.69) is 31.3 Å². The van der Waals surface area contributed by atoms with E-state index in [1.54, 1.807) is 0 Å². The van der Waals surface area contributed by atoms with Crippen LogP contribution in [0, 0.1) is 5.92 Å². The highest BCUT2D eigenvalue weighted by molar-refractivity contribution is 5.97. The molecule has 2 fully saturated rings. The molecule has 1 saturated heterocycles. The summed E-state index contributed by atoms with van der Waals surface area (Å²) >= 11 is 0. The van der Waals surface area contributed by atoms with Crippen LogP contribution in [0.4, 0.5) is 0 Å². The van der Waals surface area contributed by atoms with E-state index in [0.717, 1.165) is 18.4 Å². The van der Waals surface area contributed by atoms with Crippen molar-refractivity contribution in [3.8, 4) is 0 Å². The molecule has 3 aliphatic rings. The van der Waals surface area contributed by atoms with Gasteiger partial charge in [-0.2, -0.15) is 0 Å². The molecule has 96 valence electrons. The molecule has 1 N–H and O–H groups in total. The third kappa shape index (κ3) is 1.94. The molecule has 1 aliphatic heterocycles. The van der Waals surface area contributed by atoms with Gasteiger partial charge >= 0.3 is 0 Å². The van der Waals surface area contributed by atoms with Gasteiger partial charge in [-0.25, -0.2) is 0 Å². The summed E-state index contributed by atoms with van der Waals surface area (Å²) in [6.07, 6.45) is 10.3. The maximum absolute atomic E-state index is 12.1. The SMILES string of the molecule is CC1=CC(C)=C(/C=C2\C(=O)NC3CCCCC23)C1. The number of carbonyl (C=O) groups is 1. The molecule has 0 spiro atoms. The summed E-state index contributed by atoms with van der Waals surface area (Å²) in [5.74, 6) is 0.643. The van der Waals surface area contributed by atoms with Crippen molar-refractivity contribution >= 4 is 5.91 Å². The summed E-state index contributed by atoms with van der Waals surface area (Å²) in [6.45, 7) is 4.31. The van der Waals surface area contributed by atoms with E-state index in [1.165, 1.54) is 36.0 Å². The van der Waals surface area contributed by atoms with Gasteiger partial charge in [-0.05, 0) is 50.3 Å². The van der Waals surface area contributed by atoms with E-state index in [1.807, 2.05) is 0 Å². The number of nitrogens with one attached hydrogen (secondary N) is 1. The molecule has 2 aliphatic carbocycles. The fourth-order valence-electron chi connectivity index (χ4n) is 3.57. The van der Waals surface area contributed by atoms with Crippen molar-refractivity contribution in [3.63, 3.8) is 0 Å². The first kappa shape index (κ1) is 11.8. The van der Waals surface area contributed by atoms with Crippen LogP contribution in [-0.4, -0.2) is 11.9 Å². The van der Waals surface area contributed by atoms with Gasteiger partial charge in [0.2, 0.25) is 5.91 Å². The number of hydrogen-bond acceptors (Lipinski definition) is 1. The maximum atomic E-state index is 12.1. The Morgan fingerprint density at radius 1 is 1.28 bits per heavy atom. The van der Waals surface area contributed by atoms with Crippen LogP contribution < -0.4 is 5.32 Å². The third-order valence-corrected chi connectivity index (χ3v) is 4.51. The van der Waals surface area contributed by atoms with Gasteiger partial charge in [-0.3, -0.25) is 4.79 Å². The third-order valence-electron chi connectivity index (χ3n) is 4.51. The summed E-state index contributed by atoms with van der Waals surface area (Å²) in [5.41, 5.74) is 5.10. The van der Waals surface area contributed by atoms with Crippen molar-refractivity contribution in [2.45, 2.75) is 52.0 Å². The lowest BCUT2D eigenvalue weighted by Crippen LogP contribution is -2.30. The Balaban J connectivity index is 1.87. The first-order valence-corrected chi connectivity index (χ1v) is 7.04. The molecule has 2 unspecified atom stereocenters. The second-order valence-corrected chi connectivity index (χ2v) is 5.95. The Morgan fingerprint density at radius 2 is 2.06 bits per heavy atom. The maximum Gasteiger partial charge on any atom is 0.247 e. The van der Waals surface area contributed by atoms with Crippen LogP contribution in [0.25, 0.3) is 0 Å². The van der Waals surface area contributed by atoms with Crippen molar-refractivity contribution in [2.75, 3.05) is 0 Å². The minimum Gasteiger partial charge on any atom is -0.349 e. The number of carbonyl (C=O) groups excluding carboxylic acids is 1. The first-order valence-electron chi connectivity index (χ1n) is 7.04. The molecule has 3 rings (SSSR count). The number of rotatable bonds is 1. The average Bonchev–Trinajstić information content (AvgIpc) is 2.81. The second kappa shape index (κ2) is 4.42. The van der Waals surface area contributed by atoms with Crippen LogP contribution in [0.15, 0.2) is 34.4 Å². The van der Waals surface area contributed by atoms with Crippen LogP contribution >= 0.6 is 0 Å². The van der Waals surface area contributed by atoms with Crippen LogP contribution in [0.3, 0.4) is 0 Å². The van der Waals surface area contributed by atoms with Crippen LogP contribution in [0.1, 0.15) is 46.0 Å². The summed E-state index contributed by atoms with van der Waals surface area (Å²) in [7, 11) is 0. The summed E-state index contributed by atoms with van der Waals surface area (Å²) < 4.78 is 0. The van der Waals surface area contributed by atoms with E-state index >= 15 is 0 Å². The van der Waals surface area contributed by atoms with Gasteiger partial charge in [-0.1, -0.05) is 24.5 Å². The fourth-order valence-corrected chi connectivity index (χ4v) is 3.57. The number of hydrogen-bond donors (Lipinski definition) is 1. The predicted octanol–water partition coefficient (Wildman–Crippen LogP) is 3.27. The predicted molar refractivity (Wildman–Crippen MR) is 73.0 cm³/mol. The molecule has 1 heterocycles. The van der Waals surface area contributed by atoms with Gasteiger partial charge in [0.05, 0.1) is 0 Å². The summed E-state index contributed by atoms with van der Waals surface area (Å²) in [6, 6.07) is 0.411. The Bertz CT molecular complexity index is 481. The summed E-state index contributed by atoms with van der Waals surface area (Å²) in [4.78, 5) is 12.1. The van der Waals surface area contributed by atoms with Crippen molar-refractivity contribution in [1.82, 2.24) is 5.32 Å². The van der Waals surface area contributed by atoms with E-state index in [0.29, 0.717) is 12.0 Å². The largest absolute Gasteiger partial charge is 0.349 e. The first-order chi connectivity index (χ1) is 8.65. The van der Waals surface area contributed by atoms with Gasteiger partial charge in [0, 0.05) is 17.5 Å². The molecular weight excluding hydrogens is 222 g/mol. The normalized spacial score (nSPS) is 33.8. The van der Waals surface area contributed by atoms with E-state index in [9.17, 15) is 4.79 Å². The lowest BCUT2D eigenvalue weighted by molar-refractivity contribution is -0.116. The molecule has 0 bridgehead atoms. The number of allylic oxidation sites excluding steroid dienone is 5. The smallest absolute Gasteiger partial charge is 0.247 e. The lowest BCUT2D eigenvalue weighted by Gasteiger charge is -2.24. The molecule has 0 radical (unpaired) electrons. The zero-order chi connectivity index (χ0) is 12.7. The van der Waals surface area contributed by atoms with Gasteiger partial charge in [-0.15, -0.1) is 0 Å². The molecule has 18 heavy (non-hydrogen) atoms. The Kier molecular flexibility index (Phi) is 2.89.